The number of fused-ring (bicyclic) bond motifs is 1. The molecule has 7 rings (SSSR count). The number of hydrogen-bond donors (Lipinski definition) is 3. The van der Waals surface area contributed by atoms with Crippen molar-refractivity contribution in [3.05, 3.63) is 63.6 Å². The average molecular weight is 847 g/mol. The van der Waals surface area contributed by atoms with Gasteiger partial charge in [0, 0.05) is 56.6 Å². The van der Waals surface area contributed by atoms with Crippen LogP contribution >= 0.6 is 11.3 Å². The molecule has 15 heteroatoms. The van der Waals surface area contributed by atoms with Crippen molar-refractivity contribution < 1.29 is 38.4 Å². The molecule has 2 aromatic carbocycles. The summed E-state index contributed by atoms with van der Waals surface area (Å²) in [4.78, 5) is 49.6. The van der Waals surface area contributed by atoms with Crippen LogP contribution in [-0.2, 0) is 32.0 Å². The molecule has 3 N–H and O–H groups in total. The van der Waals surface area contributed by atoms with Gasteiger partial charge in [0.15, 0.2) is 12.4 Å². The first-order valence-corrected chi connectivity index (χ1v) is 22.7. The number of benzene rings is 2. The number of nitrogens with zero attached hydrogens (tertiary/aromatic N) is 4. The fourth-order valence-electron chi connectivity index (χ4n) is 8.73. The van der Waals surface area contributed by atoms with Crippen molar-refractivity contribution in [3.8, 4) is 17.2 Å². The van der Waals surface area contributed by atoms with E-state index < -0.39 is 0 Å². The number of phenolic OH excluding ortho intramolecular Hbond substituents is 1. The maximum absolute atomic E-state index is 13.5. The summed E-state index contributed by atoms with van der Waals surface area (Å²) in [6, 6.07) is 11.9. The number of thiazole rings is 1. The van der Waals surface area contributed by atoms with Gasteiger partial charge < -0.3 is 44.5 Å². The van der Waals surface area contributed by atoms with Crippen molar-refractivity contribution in [1.29, 1.82) is 0 Å². The SMILES string of the molecule is CC(C)c1nc(C(=O)N2CCOC3(CCN(Cc4cccc(OCCOCCC(=O)N(CCNCCc5ccc(O)c6c5OCC(=O)N6)C5CCCCC5)c4)CC3)C2)cs1. The van der Waals surface area contributed by atoms with Crippen molar-refractivity contribution in [3.63, 3.8) is 0 Å². The van der Waals surface area contributed by atoms with Crippen molar-refractivity contribution >= 4 is 34.7 Å². The number of phenols is 1. The third-order valence-corrected chi connectivity index (χ3v) is 13.2. The predicted octanol–water partition coefficient (Wildman–Crippen LogP) is 5.59. The first kappa shape index (κ1) is 43.8. The Morgan fingerprint density at radius 3 is 2.72 bits per heavy atom. The van der Waals surface area contributed by atoms with Crippen LogP contribution in [0.5, 0.6) is 17.2 Å². The van der Waals surface area contributed by atoms with Gasteiger partial charge in [-0.3, -0.25) is 19.3 Å². The molecule has 2 saturated heterocycles. The molecular formula is C45H62N6O8S. The Hall–Kier alpha value is -4.28. The summed E-state index contributed by atoms with van der Waals surface area (Å²) in [5.41, 5.74) is 2.66. The molecule has 14 nitrogen and oxygen atoms in total. The van der Waals surface area contributed by atoms with E-state index >= 15 is 0 Å². The van der Waals surface area contributed by atoms with Crippen LogP contribution in [0.2, 0.25) is 0 Å². The first-order valence-electron chi connectivity index (χ1n) is 21.8. The lowest BCUT2D eigenvalue weighted by Gasteiger charge is -2.47. The Bertz CT molecular complexity index is 1910. The van der Waals surface area contributed by atoms with Crippen molar-refractivity contribution in [2.24, 2.45) is 0 Å². The largest absolute Gasteiger partial charge is 0.506 e. The summed E-state index contributed by atoms with van der Waals surface area (Å²) >= 11 is 1.56. The summed E-state index contributed by atoms with van der Waals surface area (Å²) < 4.78 is 23.9. The third kappa shape index (κ3) is 11.5. The van der Waals surface area contributed by atoms with Gasteiger partial charge in [-0.05, 0) is 68.0 Å². The highest BCUT2D eigenvalue weighted by Crippen LogP contribution is 2.39. The van der Waals surface area contributed by atoms with E-state index in [4.69, 9.17) is 18.9 Å². The maximum Gasteiger partial charge on any atom is 0.273 e. The van der Waals surface area contributed by atoms with E-state index in [1.165, 1.54) is 12.0 Å². The van der Waals surface area contributed by atoms with Crippen LogP contribution in [-0.4, -0.2) is 133 Å². The monoisotopic (exact) mass is 846 g/mol. The zero-order valence-electron chi connectivity index (χ0n) is 35.3. The number of aromatic nitrogens is 1. The number of likely N-dealkylation sites (tertiary alicyclic amines) is 1. The van der Waals surface area contributed by atoms with Gasteiger partial charge in [-0.15, -0.1) is 11.3 Å². The number of anilines is 1. The van der Waals surface area contributed by atoms with Gasteiger partial charge >= 0.3 is 0 Å². The quantitative estimate of drug-likeness (QED) is 0.109. The highest BCUT2D eigenvalue weighted by atomic mass is 32.1. The second-order valence-electron chi connectivity index (χ2n) is 16.8. The molecule has 60 heavy (non-hydrogen) atoms. The minimum absolute atomic E-state index is 0.00940. The number of piperidine rings is 1. The molecule has 4 heterocycles. The number of rotatable bonds is 18. The van der Waals surface area contributed by atoms with E-state index in [-0.39, 0.29) is 41.7 Å². The van der Waals surface area contributed by atoms with E-state index in [9.17, 15) is 19.5 Å². The number of nitrogens with one attached hydrogen (secondary N) is 2. The molecule has 3 aliphatic heterocycles. The predicted molar refractivity (Wildman–Crippen MR) is 230 cm³/mol. The Morgan fingerprint density at radius 2 is 1.92 bits per heavy atom. The number of carbonyl (C=O) groups excluding carboxylic acids is 3. The van der Waals surface area contributed by atoms with E-state index in [2.05, 4.69) is 46.5 Å². The summed E-state index contributed by atoms with van der Waals surface area (Å²) in [5.74, 6) is 1.46. The molecule has 1 saturated carbocycles. The zero-order chi connectivity index (χ0) is 41.9. The van der Waals surface area contributed by atoms with E-state index in [1.807, 2.05) is 33.4 Å². The Labute approximate surface area is 357 Å². The lowest BCUT2D eigenvalue weighted by molar-refractivity contribution is -0.135. The van der Waals surface area contributed by atoms with Gasteiger partial charge in [0.05, 0.1) is 43.4 Å². The Kier molecular flexibility index (Phi) is 15.3. The van der Waals surface area contributed by atoms with Gasteiger partial charge in [0.2, 0.25) is 5.91 Å². The molecule has 0 bridgehead atoms. The van der Waals surface area contributed by atoms with Gasteiger partial charge in [-0.2, -0.15) is 0 Å². The highest BCUT2D eigenvalue weighted by molar-refractivity contribution is 7.09. The summed E-state index contributed by atoms with van der Waals surface area (Å²) in [6.45, 7) is 11.6. The molecule has 3 fully saturated rings. The Morgan fingerprint density at radius 1 is 1.08 bits per heavy atom. The van der Waals surface area contributed by atoms with Crippen molar-refractivity contribution in [2.75, 3.05) is 84.2 Å². The molecule has 3 aromatic rings. The second-order valence-corrected chi connectivity index (χ2v) is 17.7. The number of aromatic hydroxyl groups is 1. The lowest BCUT2D eigenvalue weighted by atomic mass is 9.89. The highest BCUT2D eigenvalue weighted by Gasteiger charge is 2.41. The molecular weight excluding hydrogens is 785 g/mol. The molecule has 0 radical (unpaired) electrons. The number of hydrogen-bond acceptors (Lipinski definition) is 12. The summed E-state index contributed by atoms with van der Waals surface area (Å²) in [7, 11) is 0. The average Bonchev–Trinajstić information content (AvgIpc) is 3.77. The van der Waals surface area contributed by atoms with E-state index in [0.29, 0.717) is 95.0 Å². The number of carbonyl (C=O) groups is 3. The van der Waals surface area contributed by atoms with Crippen LogP contribution in [0, 0.1) is 0 Å². The molecule has 1 aromatic heterocycles. The maximum atomic E-state index is 13.5. The first-order chi connectivity index (χ1) is 29.2. The van der Waals surface area contributed by atoms with Crippen LogP contribution in [0.25, 0.3) is 0 Å². The van der Waals surface area contributed by atoms with Gasteiger partial charge in [0.25, 0.3) is 11.8 Å². The lowest BCUT2D eigenvalue weighted by Crippen LogP contribution is -2.58. The van der Waals surface area contributed by atoms with Crippen molar-refractivity contribution in [2.45, 2.75) is 95.7 Å². The molecule has 3 amide bonds. The van der Waals surface area contributed by atoms with Crippen molar-refractivity contribution in [1.82, 2.24) is 25.0 Å². The second kappa shape index (κ2) is 21.0. The normalized spacial score (nSPS) is 18.2. The van der Waals surface area contributed by atoms with E-state index in [0.717, 1.165) is 74.5 Å². The smallest absolute Gasteiger partial charge is 0.273 e. The minimum atomic E-state index is -0.307. The standard InChI is InChI=1S/C45H62N6O8S/c1-32(2)43-47-37(30-60-43)44(55)50-22-24-59-45(31-50)15-19-49(20-16-45)28-33-7-6-10-36(27-33)57-26-25-56-23-14-40(54)51(35-8-4-3-5-9-35)21-18-46-17-13-34-11-12-38(52)41-42(34)58-29-39(53)48-41/h6-7,10-12,27,30,32,35,46,52H,3-5,8-9,13-26,28-29,31H2,1-2H3,(H,48,53). The topological polar surface area (TPSA) is 155 Å². The molecule has 0 atom stereocenters. The minimum Gasteiger partial charge on any atom is -0.506 e. The summed E-state index contributed by atoms with van der Waals surface area (Å²) in [5, 5.41) is 19.2. The Balaban J connectivity index is 0.793. The molecule has 1 spiro atoms. The molecule has 4 aliphatic rings. The fraction of sp³-hybridized carbons (Fsp3) is 0.600. The molecule has 1 aliphatic carbocycles. The van der Waals surface area contributed by atoms with Crippen LogP contribution in [0.15, 0.2) is 41.8 Å². The van der Waals surface area contributed by atoms with E-state index in [1.54, 1.807) is 17.4 Å². The van der Waals surface area contributed by atoms with Gasteiger partial charge in [0.1, 0.15) is 29.5 Å². The zero-order valence-corrected chi connectivity index (χ0v) is 36.1. The molecule has 326 valence electrons. The fourth-order valence-corrected chi connectivity index (χ4v) is 9.54. The number of morpholine rings is 1. The van der Waals surface area contributed by atoms with Crippen LogP contribution < -0.4 is 20.1 Å². The van der Waals surface area contributed by atoms with Crippen LogP contribution in [0.4, 0.5) is 5.69 Å². The molecule has 0 unspecified atom stereocenters. The number of ether oxygens (including phenoxy) is 4. The summed E-state index contributed by atoms with van der Waals surface area (Å²) in [6.07, 6.45) is 8.30. The number of amides is 3. The third-order valence-electron chi connectivity index (χ3n) is 12.1. The van der Waals surface area contributed by atoms with Gasteiger partial charge in [-0.1, -0.05) is 51.3 Å². The van der Waals surface area contributed by atoms with Crippen LogP contribution in [0.1, 0.15) is 97.8 Å². The van der Waals surface area contributed by atoms with Gasteiger partial charge in [-0.25, -0.2) is 4.98 Å². The van der Waals surface area contributed by atoms with Crippen LogP contribution in [0.3, 0.4) is 0 Å².